The number of hydrogen-bond acceptors (Lipinski definition) is 6. The van der Waals surface area contributed by atoms with Crippen molar-refractivity contribution < 1.29 is 13.2 Å². The summed E-state index contributed by atoms with van der Waals surface area (Å²) >= 11 is 6.11. The smallest absolute Gasteiger partial charge is 0.255 e. The molecule has 0 saturated carbocycles. The van der Waals surface area contributed by atoms with Gasteiger partial charge in [-0.1, -0.05) is 11.6 Å². The maximum Gasteiger partial charge on any atom is 0.255 e. The van der Waals surface area contributed by atoms with Crippen molar-refractivity contribution in [2.24, 2.45) is 0 Å². The van der Waals surface area contributed by atoms with Crippen LogP contribution in [0.2, 0.25) is 5.02 Å². The molecule has 1 saturated heterocycles. The fraction of sp³-hybridized carbons (Fsp3) is 0.312. The van der Waals surface area contributed by atoms with Gasteiger partial charge >= 0.3 is 0 Å². The van der Waals surface area contributed by atoms with Crippen LogP contribution in [0.4, 0.5) is 5.95 Å². The molecule has 25 heavy (non-hydrogen) atoms. The second kappa shape index (κ2) is 6.97. The molecular weight excluding hydrogens is 364 g/mol. The Morgan fingerprint density at radius 1 is 1.12 bits per heavy atom. The van der Waals surface area contributed by atoms with Gasteiger partial charge in [0.05, 0.1) is 15.5 Å². The van der Waals surface area contributed by atoms with Crippen LogP contribution in [-0.2, 0) is 9.84 Å². The van der Waals surface area contributed by atoms with E-state index in [1.807, 2.05) is 4.90 Å². The zero-order chi connectivity index (χ0) is 18.0. The van der Waals surface area contributed by atoms with Crippen molar-refractivity contribution in [3.63, 3.8) is 0 Å². The molecule has 0 bridgehead atoms. The number of halogens is 1. The molecule has 0 spiro atoms. The summed E-state index contributed by atoms with van der Waals surface area (Å²) in [4.78, 5) is 24.9. The highest BCUT2D eigenvalue weighted by molar-refractivity contribution is 7.90. The van der Waals surface area contributed by atoms with Crippen molar-refractivity contribution in [2.75, 3.05) is 37.3 Å². The van der Waals surface area contributed by atoms with Crippen LogP contribution in [0.25, 0.3) is 0 Å². The van der Waals surface area contributed by atoms with Gasteiger partial charge in [-0.05, 0) is 24.3 Å². The Kier molecular flexibility index (Phi) is 4.91. The average molecular weight is 381 g/mol. The number of rotatable bonds is 3. The number of amides is 1. The van der Waals surface area contributed by atoms with Gasteiger partial charge in [0.25, 0.3) is 5.91 Å². The first-order chi connectivity index (χ1) is 11.9. The molecule has 0 N–H and O–H groups in total. The third-order valence-electron chi connectivity index (χ3n) is 4.00. The molecule has 7 nitrogen and oxygen atoms in total. The first-order valence-corrected chi connectivity index (χ1v) is 9.94. The van der Waals surface area contributed by atoms with E-state index >= 15 is 0 Å². The number of nitrogens with zero attached hydrogens (tertiary/aromatic N) is 4. The first kappa shape index (κ1) is 17.6. The van der Waals surface area contributed by atoms with E-state index in [0.29, 0.717) is 32.1 Å². The van der Waals surface area contributed by atoms with Crippen molar-refractivity contribution in [1.29, 1.82) is 0 Å². The van der Waals surface area contributed by atoms with Crippen LogP contribution >= 0.6 is 11.6 Å². The maximum absolute atomic E-state index is 12.7. The summed E-state index contributed by atoms with van der Waals surface area (Å²) in [6.45, 7) is 2.16. The summed E-state index contributed by atoms with van der Waals surface area (Å²) in [5, 5.41) is 0.242. The van der Waals surface area contributed by atoms with Crippen molar-refractivity contribution >= 4 is 33.3 Å². The minimum Gasteiger partial charge on any atom is -0.337 e. The molecule has 2 heterocycles. The van der Waals surface area contributed by atoms with Crippen LogP contribution in [0.1, 0.15) is 10.4 Å². The predicted molar refractivity (Wildman–Crippen MR) is 94.7 cm³/mol. The summed E-state index contributed by atoms with van der Waals surface area (Å²) in [6.07, 6.45) is 4.45. The molecule has 132 valence electrons. The molecule has 1 fully saturated rings. The number of anilines is 1. The molecule has 3 rings (SSSR count). The van der Waals surface area contributed by atoms with Crippen molar-refractivity contribution in [1.82, 2.24) is 14.9 Å². The van der Waals surface area contributed by atoms with E-state index in [0.717, 1.165) is 6.26 Å². The average Bonchev–Trinajstić information content (AvgIpc) is 2.61. The fourth-order valence-electron chi connectivity index (χ4n) is 2.63. The van der Waals surface area contributed by atoms with Gasteiger partial charge in [0, 0.05) is 44.8 Å². The number of benzene rings is 1. The van der Waals surface area contributed by atoms with Gasteiger partial charge < -0.3 is 9.80 Å². The van der Waals surface area contributed by atoms with Crippen molar-refractivity contribution in [3.8, 4) is 0 Å². The van der Waals surface area contributed by atoms with E-state index in [4.69, 9.17) is 11.6 Å². The standard InChI is InChI=1S/C16H17ClN4O3S/c1-25(23,24)12-3-4-14(17)13(11-12)15(22)20-7-9-21(10-8-20)16-18-5-2-6-19-16/h2-6,11H,7-10H2,1H3. The van der Waals surface area contributed by atoms with Gasteiger partial charge in [0.15, 0.2) is 9.84 Å². The van der Waals surface area contributed by atoms with Gasteiger partial charge in [-0.25, -0.2) is 18.4 Å². The van der Waals surface area contributed by atoms with E-state index in [2.05, 4.69) is 9.97 Å². The largest absolute Gasteiger partial charge is 0.337 e. The molecular formula is C16H17ClN4O3S. The van der Waals surface area contributed by atoms with Crippen LogP contribution in [0.3, 0.4) is 0 Å². The normalized spacial score (nSPS) is 15.3. The highest BCUT2D eigenvalue weighted by atomic mass is 35.5. The lowest BCUT2D eigenvalue weighted by atomic mass is 10.2. The molecule has 1 aliphatic rings. The first-order valence-electron chi connectivity index (χ1n) is 7.67. The summed E-state index contributed by atoms with van der Waals surface area (Å²) in [5.74, 6) is 0.357. The van der Waals surface area contributed by atoms with E-state index in [1.165, 1.54) is 18.2 Å². The van der Waals surface area contributed by atoms with Crippen LogP contribution in [0, 0.1) is 0 Å². The lowest BCUT2D eigenvalue weighted by molar-refractivity contribution is 0.0746. The van der Waals surface area contributed by atoms with Crippen LogP contribution < -0.4 is 4.90 Å². The van der Waals surface area contributed by atoms with Crippen LogP contribution in [0.5, 0.6) is 0 Å². The molecule has 1 amide bonds. The lowest BCUT2D eigenvalue weighted by Crippen LogP contribution is -2.49. The number of sulfone groups is 1. The molecule has 1 aromatic carbocycles. The second-order valence-corrected chi connectivity index (χ2v) is 8.16. The maximum atomic E-state index is 12.7. The number of carbonyl (C=O) groups excluding carboxylic acids is 1. The third kappa shape index (κ3) is 3.91. The lowest BCUT2D eigenvalue weighted by Gasteiger charge is -2.34. The molecule has 9 heteroatoms. The third-order valence-corrected chi connectivity index (χ3v) is 5.44. The molecule has 1 aromatic heterocycles. The second-order valence-electron chi connectivity index (χ2n) is 5.74. The minimum atomic E-state index is -3.41. The van der Waals surface area contributed by atoms with Crippen molar-refractivity contribution in [3.05, 3.63) is 47.2 Å². The van der Waals surface area contributed by atoms with Gasteiger partial charge in [-0.15, -0.1) is 0 Å². The SMILES string of the molecule is CS(=O)(=O)c1ccc(Cl)c(C(=O)N2CCN(c3ncccn3)CC2)c1. The summed E-state index contributed by atoms with van der Waals surface area (Å²) in [7, 11) is -3.41. The molecule has 0 unspecified atom stereocenters. The summed E-state index contributed by atoms with van der Waals surface area (Å²) < 4.78 is 23.4. The van der Waals surface area contributed by atoms with Crippen molar-refractivity contribution in [2.45, 2.75) is 4.90 Å². The van der Waals surface area contributed by atoms with E-state index in [1.54, 1.807) is 23.4 Å². The quantitative estimate of drug-likeness (QED) is 0.802. The highest BCUT2D eigenvalue weighted by Gasteiger charge is 2.25. The van der Waals surface area contributed by atoms with Gasteiger partial charge in [-0.2, -0.15) is 0 Å². The zero-order valence-electron chi connectivity index (χ0n) is 13.6. The van der Waals surface area contributed by atoms with Gasteiger partial charge in [0.2, 0.25) is 5.95 Å². The number of carbonyl (C=O) groups is 1. The number of aromatic nitrogens is 2. The fourth-order valence-corrected chi connectivity index (χ4v) is 3.48. The molecule has 0 aliphatic carbocycles. The topological polar surface area (TPSA) is 83.5 Å². The Morgan fingerprint density at radius 2 is 1.76 bits per heavy atom. The highest BCUT2D eigenvalue weighted by Crippen LogP contribution is 2.23. The Labute approximate surface area is 151 Å². The van der Waals surface area contributed by atoms with E-state index in [-0.39, 0.29) is 21.4 Å². The summed E-state index contributed by atoms with van der Waals surface area (Å²) in [5.41, 5.74) is 0.203. The Bertz CT molecular complexity index is 882. The predicted octanol–water partition coefficient (Wildman–Crippen LogP) is 1.50. The molecule has 1 aliphatic heterocycles. The molecule has 0 radical (unpaired) electrons. The van der Waals surface area contributed by atoms with Gasteiger partial charge in [0.1, 0.15) is 0 Å². The molecule has 2 aromatic rings. The van der Waals surface area contributed by atoms with E-state index < -0.39 is 9.84 Å². The monoisotopic (exact) mass is 380 g/mol. The Balaban J connectivity index is 1.75. The summed E-state index contributed by atoms with van der Waals surface area (Å²) in [6, 6.07) is 5.94. The Morgan fingerprint density at radius 3 is 2.36 bits per heavy atom. The van der Waals surface area contributed by atoms with Crippen LogP contribution in [-0.4, -0.2) is 61.6 Å². The zero-order valence-corrected chi connectivity index (χ0v) is 15.2. The number of piperazine rings is 1. The van der Waals surface area contributed by atoms with Gasteiger partial charge in [-0.3, -0.25) is 4.79 Å². The van der Waals surface area contributed by atoms with E-state index in [9.17, 15) is 13.2 Å². The van der Waals surface area contributed by atoms with Crippen LogP contribution in [0.15, 0.2) is 41.6 Å². The molecule has 0 atom stereocenters. The minimum absolute atomic E-state index is 0.0802. The Hall–Kier alpha value is -2.19. The number of hydrogen-bond donors (Lipinski definition) is 0.